The van der Waals surface area contributed by atoms with E-state index in [2.05, 4.69) is 48.9 Å². The highest BCUT2D eigenvalue weighted by Gasteiger charge is 2.12. The van der Waals surface area contributed by atoms with Crippen LogP contribution >= 0.6 is 0 Å². The predicted octanol–water partition coefficient (Wildman–Crippen LogP) is 1.85. The molecule has 0 radical (unpaired) electrons. The number of nitrogens with zero attached hydrogens (tertiary/aromatic N) is 4. The van der Waals surface area contributed by atoms with Gasteiger partial charge < -0.3 is 10.6 Å². The van der Waals surface area contributed by atoms with Crippen LogP contribution in [0, 0.1) is 12.8 Å². The van der Waals surface area contributed by atoms with Crippen LogP contribution in [0.2, 0.25) is 0 Å². The average Bonchev–Trinajstić information content (AvgIpc) is 2.81. The lowest BCUT2D eigenvalue weighted by atomic mass is 10.0. The number of aryl methyl sites for hydroxylation is 1. The second-order valence-electron chi connectivity index (χ2n) is 5.54. The van der Waals surface area contributed by atoms with Crippen molar-refractivity contribution in [2.75, 3.05) is 18.5 Å². The van der Waals surface area contributed by atoms with Crippen molar-refractivity contribution in [3.63, 3.8) is 0 Å². The van der Waals surface area contributed by atoms with Gasteiger partial charge >= 0.3 is 0 Å². The number of fused-ring (bicyclic) bond motifs is 1. The molecule has 0 bridgehead atoms. The molecule has 0 saturated carbocycles. The summed E-state index contributed by atoms with van der Waals surface area (Å²) in [4.78, 5) is 6.44. The number of pyridine rings is 1. The Morgan fingerprint density at radius 2 is 2.11 bits per heavy atom. The van der Waals surface area contributed by atoms with Crippen LogP contribution in [0.5, 0.6) is 0 Å². The molecule has 0 aliphatic carbocycles. The average molecular weight is 261 g/mol. The van der Waals surface area contributed by atoms with Gasteiger partial charge in [-0.05, 0) is 37.0 Å². The molecule has 5 heteroatoms. The molecule has 2 rings (SSSR count). The summed E-state index contributed by atoms with van der Waals surface area (Å²) in [6.07, 6.45) is 2.56. The fraction of sp³-hybridized carbons (Fsp3) is 0.571. The molecule has 1 unspecified atom stereocenters. The van der Waals surface area contributed by atoms with Crippen LogP contribution in [0.3, 0.4) is 0 Å². The second-order valence-corrected chi connectivity index (χ2v) is 5.54. The molecule has 0 saturated heterocycles. The van der Waals surface area contributed by atoms with Gasteiger partial charge in [0, 0.05) is 19.6 Å². The predicted molar refractivity (Wildman–Crippen MR) is 78.4 cm³/mol. The third kappa shape index (κ3) is 3.04. The molecule has 2 N–H and O–H groups in total. The van der Waals surface area contributed by atoms with Crippen LogP contribution in [-0.2, 0) is 0 Å². The van der Waals surface area contributed by atoms with E-state index in [4.69, 9.17) is 5.73 Å². The van der Waals surface area contributed by atoms with E-state index in [1.54, 1.807) is 6.33 Å². The third-order valence-electron chi connectivity index (χ3n) is 3.55. The third-order valence-corrected chi connectivity index (χ3v) is 3.55. The van der Waals surface area contributed by atoms with Crippen molar-refractivity contribution in [3.05, 3.63) is 24.0 Å². The number of anilines is 1. The van der Waals surface area contributed by atoms with Gasteiger partial charge in [-0.1, -0.05) is 13.8 Å². The van der Waals surface area contributed by atoms with Gasteiger partial charge in [-0.2, -0.15) is 9.61 Å². The highest BCUT2D eigenvalue weighted by Crippen LogP contribution is 2.17. The quantitative estimate of drug-likeness (QED) is 0.892. The van der Waals surface area contributed by atoms with Crippen molar-refractivity contribution >= 4 is 11.5 Å². The molecule has 0 aromatic carbocycles. The number of rotatable bonds is 5. The Morgan fingerprint density at radius 3 is 2.79 bits per heavy atom. The Labute approximate surface area is 114 Å². The molecule has 2 aromatic rings. The molecule has 1 atom stereocenters. The van der Waals surface area contributed by atoms with Gasteiger partial charge in [-0.15, -0.1) is 0 Å². The smallest absolute Gasteiger partial charge is 0.157 e. The summed E-state index contributed by atoms with van der Waals surface area (Å²) in [6.45, 7) is 7.31. The van der Waals surface area contributed by atoms with Crippen molar-refractivity contribution in [3.8, 4) is 0 Å². The minimum Gasteiger partial charge on any atom is -0.359 e. The highest BCUT2D eigenvalue weighted by atomic mass is 15.4. The summed E-state index contributed by atoms with van der Waals surface area (Å²) < 4.78 is 1.87. The molecular formula is C14H23N5. The Kier molecular flexibility index (Phi) is 4.04. The number of hydrogen-bond donors (Lipinski definition) is 1. The van der Waals surface area contributed by atoms with E-state index >= 15 is 0 Å². The Hall–Kier alpha value is -1.62. The number of hydrogen-bond acceptors (Lipinski definition) is 4. The maximum absolute atomic E-state index is 6.10. The van der Waals surface area contributed by atoms with Gasteiger partial charge in [-0.3, -0.25) is 0 Å². The molecule has 0 amide bonds. The van der Waals surface area contributed by atoms with E-state index in [1.165, 1.54) is 5.56 Å². The van der Waals surface area contributed by atoms with E-state index < -0.39 is 0 Å². The lowest BCUT2D eigenvalue weighted by Gasteiger charge is -2.23. The zero-order valence-corrected chi connectivity index (χ0v) is 12.2. The fourth-order valence-corrected chi connectivity index (χ4v) is 2.10. The van der Waals surface area contributed by atoms with Crippen LogP contribution in [0.15, 0.2) is 18.5 Å². The largest absolute Gasteiger partial charge is 0.359 e. The van der Waals surface area contributed by atoms with Crippen molar-refractivity contribution in [2.45, 2.75) is 33.2 Å². The summed E-state index contributed by atoms with van der Waals surface area (Å²) in [5.74, 6) is 1.57. The molecule has 104 valence electrons. The van der Waals surface area contributed by atoms with Gasteiger partial charge in [0.25, 0.3) is 0 Å². The van der Waals surface area contributed by atoms with Crippen LogP contribution < -0.4 is 10.6 Å². The minimum atomic E-state index is 0.235. The van der Waals surface area contributed by atoms with Gasteiger partial charge in [0.1, 0.15) is 12.1 Å². The van der Waals surface area contributed by atoms with Gasteiger partial charge in [0.2, 0.25) is 0 Å². The van der Waals surface area contributed by atoms with Crippen molar-refractivity contribution < 1.29 is 0 Å². The van der Waals surface area contributed by atoms with Crippen LogP contribution in [0.4, 0.5) is 5.82 Å². The molecular weight excluding hydrogens is 238 g/mol. The molecule has 5 nitrogen and oxygen atoms in total. The lowest BCUT2D eigenvalue weighted by Crippen LogP contribution is -2.32. The minimum absolute atomic E-state index is 0.235. The van der Waals surface area contributed by atoms with Gasteiger partial charge in [-0.25, -0.2) is 4.98 Å². The van der Waals surface area contributed by atoms with Crippen molar-refractivity contribution in [1.82, 2.24) is 14.6 Å². The van der Waals surface area contributed by atoms with Gasteiger partial charge in [0.15, 0.2) is 5.65 Å². The first-order valence-corrected chi connectivity index (χ1v) is 6.76. The summed E-state index contributed by atoms with van der Waals surface area (Å²) in [7, 11) is 2.07. The first-order chi connectivity index (χ1) is 8.99. The fourth-order valence-electron chi connectivity index (χ4n) is 2.10. The zero-order valence-electron chi connectivity index (χ0n) is 12.2. The first kappa shape index (κ1) is 13.8. The Balaban J connectivity index is 2.17. The topological polar surface area (TPSA) is 59.5 Å². The molecule has 0 fully saturated rings. The molecule has 0 aliphatic heterocycles. The maximum atomic E-state index is 6.10. The maximum Gasteiger partial charge on any atom is 0.157 e. The molecule has 0 aliphatic rings. The molecule has 0 spiro atoms. The lowest BCUT2D eigenvalue weighted by molar-refractivity contribution is 0.465. The van der Waals surface area contributed by atoms with Crippen LogP contribution in [0.1, 0.15) is 25.8 Å². The van der Waals surface area contributed by atoms with Crippen molar-refractivity contribution in [1.29, 1.82) is 0 Å². The number of nitrogens with two attached hydrogens (primary N) is 1. The highest BCUT2D eigenvalue weighted by molar-refractivity contribution is 5.52. The SMILES string of the molecule is Cc1cc(N(C)CCC(N)C(C)C)n2ncnc2c1. The van der Waals surface area contributed by atoms with E-state index in [1.807, 2.05) is 10.6 Å². The molecule has 2 heterocycles. The van der Waals surface area contributed by atoms with Crippen molar-refractivity contribution in [2.24, 2.45) is 11.7 Å². The van der Waals surface area contributed by atoms with E-state index in [0.29, 0.717) is 5.92 Å². The van der Waals surface area contributed by atoms with E-state index in [0.717, 1.165) is 24.4 Å². The van der Waals surface area contributed by atoms with Crippen LogP contribution in [0.25, 0.3) is 5.65 Å². The summed E-state index contributed by atoms with van der Waals surface area (Å²) in [6, 6.07) is 4.39. The Bertz CT molecular complexity index is 546. The van der Waals surface area contributed by atoms with Crippen LogP contribution in [-0.4, -0.2) is 34.2 Å². The number of aromatic nitrogens is 3. The van der Waals surface area contributed by atoms with Gasteiger partial charge in [0.05, 0.1) is 0 Å². The summed E-state index contributed by atoms with van der Waals surface area (Å²) >= 11 is 0. The summed E-state index contributed by atoms with van der Waals surface area (Å²) in [5, 5.41) is 4.28. The monoisotopic (exact) mass is 261 g/mol. The van der Waals surface area contributed by atoms with E-state index in [-0.39, 0.29) is 6.04 Å². The standard InChI is InChI=1S/C14H23N5/c1-10(2)12(15)5-6-18(4)14-8-11(3)7-13-16-9-17-19(13)14/h7-10,12H,5-6,15H2,1-4H3. The first-order valence-electron chi connectivity index (χ1n) is 6.76. The Morgan fingerprint density at radius 1 is 1.37 bits per heavy atom. The second kappa shape index (κ2) is 5.57. The van der Waals surface area contributed by atoms with E-state index in [9.17, 15) is 0 Å². The zero-order chi connectivity index (χ0) is 14.0. The molecule has 2 aromatic heterocycles. The molecule has 19 heavy (non-hydrogen) atoms. The normalized spacial score (nSPS) is 13.2. The summed E-state index contributed by atoms with van der Waals surface area (Å²) in [5.41, 5.74) is 8.18.